The second kappa shape index (κ2) is 6.00. The van der Waals surface area contributed by atoms with Crippen molar-refractivity contribution in [2.45, 2.75) is 38.8 Å². The Morgan fingerprint density at radius 2 is 1.09 bits per heavy atom. The van der Waals surface area contributed by atoms with Crippen LogP contribution in [0.1, 0.15) is 25.7 Å². The van der Waals surface area contributed by atoms with Crippen molar-refractivity contribution in [1.29, 1.82) is 0 Å². The van der Waals surface area contributed by atoms with E-state index in [1.807, 2.05) is 0 Å². The molecule has 0 radical (unpaired) electrons. The molecule has 7 heteroatoms. The summed E-state index contributed by atoms with van der Waals surface area (Å²) >= 11 is 0. The normalized spacial score (nSPS) is 25.7. The Hall–Kier alpha value is -1.24. The lowest BCUT2D eigenvalue weighted by atomic mass is 10.2. The van der Waals surface area contributed by atoms with E-state index in [1.54, 1.807) is 0 Å². The Morgan fingerprint density at radius 1 is 0.652 bits per heavy atom. The van der Waals surface area contributed by atoms with Gasteiger partial charge < -0.3 is 18.9 Å². The molecular formula is C16H30N6Si. The standard InChI is InChI=1S/C16H30N6Si/c1-23(2,21-13-5-11-19-9-3-7-17-15(19)21)22-14-6-12-20-10-4-8-18-16(20)22/h3-14H2,1-2H3. The van der Waals surface area contributed by atoms with Crippen molar-refractivity contribution in [2.24, 2.45) is 9.98 Å². The highest BCUT2D eigenvalue weighted by atomic mass is 28.3. The largest absolute Gasteiger partial charge is 0.352 e. The maximum atomic E-state index is 4.92. The van der Waals surface area contributed by atoms with Crippen LogP contribution in [0.15, 0.2) is 9.98 Å². The lowest BCUT2D eigenvalue weighted by Crippen LogP contribution is -2.72. The van der Waals surface area contributed by atoms with E-state index in [4.69, 9.17) is 9.98 Å². The van der Waals surface area contributed by atoms with Crippen molar-refractivity contribution >= 4 is 20.3 Å². The van der Waals surface area contributed by atoms with Gasteiger partial charge in [-0.1, -0.05) is 0 Å². The van der Waals surface area contributed by atoms with Crippen LogP contribution in [0.25, 0.3) is 0 Å². The monoisotopic (exact) mass is 334 g/mol. The van der Waals surface area contributed by atoms with E-state index in [0.29, 0.717) is 0 Å². The molecular weight excluding hydrogens is 304 g/mol. The van der Waals surface area contributed by atoms with Crippen LogP contribution in [0.4, 0.5) is 0 Å². The molecule has 0 aromatic heterocycles. The summed E-state index contributed by atoms with van der Waals surface area (Å²) in [5.74, 6) is 2.57. The third-order valence-corrected chi connectivity index (χ3v) is 9.16. The fourth-order valence-electron chi connectivity index (χ4n) is 4.44. The van der Waals surface area contributed by atoms with Crippen molar-refractivity contribution < 1.29 is 0 Å². The molecule has 128 valence electrons. The van der Waals surface area contributed by atoms with Crippen LogP contribution in [0.5, 0.6) is 0 Å². The molecule has 0 saturated carbocycles. The highest BCUT2D eigenvalue weighted by molar-refractivity contribution is 6.76. The van der Waals surface area contributed by atoms with Crippen LogP contribution in [0.3, 0.4) is 0 Å². The van der Waals surface area contributed by atoms with Gasteiger partial charge in [-0.3, -0.25) is 9.98 Å². The average molecular weight is 335 g/mol. The summed E-state index contributed by atoms with van der Waals surface area (Å²) in [5, 5.41) is 0. The van der Waals surface area contributed by atoms with E-state index >= 15 is 0 Å². The number of fused-ring (bicyclic) bond motifs is 2. The summed E-state index contributed by atoms with van der Waals surface area (Å²) in [4.78, 5) is 14.9. The van der Waals surface area contributed by atoms with Gasteiger partial charge in [0.2, 0.25) is 0 Å². The minimum atomic E-state index is -1.80. The molecule has 0 unspecified atom stereocenters. The summed E-state index contributed by atoms with van der Waals surface area (Å²) in [6.45, 7) is 14.1. The van der Waals surface area contributed by atoms with Crippen LogP contribution >= 0.6 is 0 Å². The van der Waals surface area contributed by atoms with Gasteiger partial charge in [0.05, 0.1) is 0 Å². The number of hydrogen-bond acceptors (Lipinski definition) is 6. The molecule has 23 heavy (non-hydrogen) atoms. The first-order valence-electron chi connectivity index (χ1n) is 9.32. The summed E-state index contributed by atoms with van der Waals surface area (Å²) in [6.07, 6.45) is 4.95. The number of rotatable bonds is 2. The number of nitrogens with zero attached hydrogens (tertiary/aromatic N) is 6. The Labute approximate surface area is 141 Å². The molecule has 4 heterocycles. The second-order valence-corrected chi connectivity index (χ2v) is 11.6. The molecule has 0 aliphatic carbocycles. The van der Waals surface area contributed by atoms with Crippen molar-refractivity contribution in [3.63, 3.8) is 0 Å². The van der Waals surface area contributed by atoms with E-state index in [1.165, 1.54) is 76.9 Å². The van der Waals surface area contributed by atoms with Gasteiger partial charge in [0.25, 0.3) is 8.40 Å². The molecule has 0 N–H and O–H groups in total. The van der Waals surface area contributed by atoms with Crippen LogP contribution in [-0.4, -0.2) is 91.6 Å². The zero-order valence-corrected chi connectivity index (χ0v) is 15.7. The highest BCUT2D eigenvalue weighted by Gasteiger charge is 2.45. The second-order valence-electron chi connectivity index (χ2n) is 7.55. The highest BCUT2D eigenvalue weighted by Crippen LogP contribution is 2.27. The third-order valence-electron chi connectivity index (χ3n) is 5.67. The molecule has 0 aromatic carbocycles. The van der Waals surface area contributed by atoms with E-state index in [-0.39, 0.29) is 0 Å². The van der Waals surface area contributed by atoms with Crippen molar-refractivity contribution in [3.8, 4) is 0 Å². The lowest BCUT2D eigenvalue weighted by molar-refractivity contribution is 0.263. The summed E-state index contributed by atoms with van der Waals surface area (Å²) < 4.78 is 5.35. The number of hydrogen-bond donors (Lipinski definition) is 0. The fraction of sp³-hybridized carbons (Fsp3) is 0.875. The first-order valence-corrected chi connectivity index (χ1v) is 12.2. The van der Waals surface area contributed by atoms with Gasteiger partial charge in [0.1, 0.15) is 0 Å². The van der Waals surface area contributed by atoms with Crippen molar-refractivity contribution in [2.75, 3.05) is 52.4 Å². The molecule has 4 aliphatic heterocycles. The molecule has 0 amide bonds. The van der Waals surface area contributed by atoms with Gasteiger partial charge in [-0.25, -0.2) is 0 Å². The first-order chi connectivity index (χ1) is 11.2. The maximum absolute atomic E-state index is 4.92. The van der Waals surface area contributed by atoms with E-state index < -0.39 is 8.40 Å². The van der Waals surface area contributed by atoms with Gasteiger partial charge in [0.15, 0.2) is 11.9 Å². The zero-order valence-electron chi connectivity index (χ0n) is 14.7. The predicted molar refractivity (Wildman–Crippen MR) is 97.1 cm³/mol. The van der Waals surface area contributed by atoms with Crippen molar-refractivity contribution in [1.82, 2.24) is 18.9 Å². The molecule has 2 saturated heterocycles. The van der Waals surface area contributed by atoms with E-state index in [9.17, 15) is 0 Å². The lowest BCUT2D eigenvalue weighted by Gasteiger charge is -2.54. The van der Waals surface area contributed by atoms with Gasteiger partial charge in [-0.05, 0) is 38.8 Å². The Morgan fingerprint density at radius 3 is 1.57 bits per heavy atom. The first kappa shape index (κ1) is 15.3. The van der Waals surface area contributed by atoms with Gasteiger partial charge in [-0.2, -0.15) is 0 Å². The third kappa shape index (κ3) is 2.62. The fourth-order valence-corrected chi connectivity index (χ4v) is 7.54. The summed E-state index contributed by atoms with van der Waals surface area (Å²) in [6, 6.07) is 0. The zero-order chi connectivity index (χ0) is 15.9. The van der Waals surface area contributed by atoms with Crippen LogP contribution in [-0.2, 0) is 0 Å². The van der Waals surface area contributed by atoms with Crippen LogP contribution in [0, 0.1) is 0 Å². The molecule has 4 rings (SSSR count). The smallest absolute Gasteiger partial charge is 0.262 e. The Bertz CT molecular complexity index is 473. The molecule has 4 aliphatic rings. The van der Waals surface area contributed by atoms with Crippen LogP contribution < -0.4 is 0 Å². The molecule has 6 nitrogen and oxygen atoms in total. The van der Waals surface area contributed by atoms with Gasteiger partial charge in [-0.15, -0.1) is 0 Å². The minimum absolute atomic E-state index is 1.000. The maximum Gasteiger partial charge on any atom is 0.262 e. The predicted octanol–water partition coefficient (Wildman–Crippen LogP) is 1.22. The van der Waals surface area contributed by atoms with E-state index in [2.05, 4.69) is 32.0 Å². The summed E-state index contributed by atoms with van der Waals surface area (Å²) in [5.41, 5.74) is 0. The molecule has 0 aromatic rings. The van der Waals surface area contributed by atoms with Gasteiger partial charge >= 0.3 is 0 Å². The average Bonchev–Trinajstić information content (AvgIpc) is 2.60. The number of aliphatic imine (C=N–C) groups is 2. The summed E-state index contributed by atoms with van der Waals surface area (Å²) in [7, 11) is -1.80. The van der Waals surface area contributed by atoms with Gasteiger partial charge in [0, 0.05) is 52.4 Å². The van der Waals surface area contributed by atoms with Crippen LogP contribution in [0.2, 0.25) is 13.1 Å². The van der Waals surface area contributed by atoms with Crippen molar-refractivity contribution in [3.05, 3.63) is 0 Å². The molecule has 2 fully saturated rings. The quantitative estimate of drug-likeness (QED) is 0.712. The topological polar surface area (TPSA) is 37.7 Å². The molecule has 0 spiro atoms. The Kier molecular flexibility index (Phi) is 3.99. The Balaban J connectivity index is 1.63. The van der Waals surface area contributed by atoms with E-state index in [0.717, 1.165) is 13.1 Å². The SMILES string of the molecule is C[Si](C)(N1CCCN2CCCN=C21)N1CCCN2CCCN=C21. The minimum Gasteiger partial charge on any atom is -0.352 e. The molecule has 0 bridgehead atoms. The molecule has 0 atom stereocenters. The number of guanidine groups is 2.